The highest BCUT2D eigenvalue weighted by Gasteiger charge is 2.38. The molecule has 1 N–H and O–H groups in total. The smallest absolute Gasteiger partial charge is 0.283 e. The summed E-state index contributed by atoms with van der Waals surface area (Å²) in [4.78, 5) is 16.3. The number of amides is 1. The fourth-order valence-electron chi connectivity index (χ4n) is 3.10. The van der Waals surface area contributed by atoms with Gasteiger partial charge in [0.1, 0.15) is 11.5 Å². The van der Waals surface area contributed by atoms with E-state index in [4.69, 9.17) is 26.5 Å². The van der Waals surface area contributed by atoms with E-state index in [1.165, 1.54) is 6.08 Å². The SMILES string of the molecule is Cc1cc(OCCCOc2ccc(/C=C3/C(=N)N4N=C(S(C)(=O)=O)SC4=NC3=O)cc2)ccc1Cl. The van der Waals surface area contributed by atoms with Gasteiger partial charge in [0.05, 0.1) is 18.8 Å². The lowest BCUT2D eigenvalue weighted by Gasteiger charge is -2.20. The standard InChI is InChI=1S/C23H21ClN4O5S2/c1-14-12-17(8-9-19(14)24)33-11-3-10-32-16-6-4-15(5-7-16)13-18-20(25)28-22(26-21(18)29)34-23(27-28)35(2,30)31/h4-9,12-13,25H,3,10-11H2,1-2H3/b18-13-,25-20?. The summed E-state index contributed by atoms with van der Waals surface area (Å²) in [5.74, 6) is 0.546. The van der Waals surface area contributed by atoms with Gasteiger partial charge in [-0.15, -0.1) is 5.10 Å². The number of nitrogens with one attached hydrogen (secondary N) is 1. The minimum absolute atomic E-state index is 0.0103. The summed E-state index contributed by atoms with van der Waals surface area (Å²) < 4.78 is 34.7. The van der Waals surface area contributed by atoms with Crippen LogP contribution in [0.15, 0.2) is 58.1 Å². The Labute approximate surface area is 211 Å². The normalized spacial score (nSPS) is 16.8. The molecule has 182 valence electrons. The average molecular weight is 533 g/mol. The van der Waals surface area contributed by atoms with Crippen molar-refractivity contribution in [3.05, 3.63) is 64.2 Å². The van der Waals surface area contributed by atoms with Crippen molar-refractivity contribution in [1.29, 1.82) is 5.41 Å². The molecule has 1 amide bonds. The van der Waals surface area contributed by atoms with E-state index in [9.17, 15) is 13.2 Å². The number of carbonyl (C=O) groups is 1. The zero-order chi connectivity index (χ0) is 25.2. The van der Waals surface area contributed by atoms with Gasteiger partial charge in [-0.1, -0.05) is 23.7 Å². The van der Waals surface area contributed by atoms with Crippen molar-refractivity contribution in [2.75, 3.05) is 19.5 Å². The quantitative estimate of drug-likeness (QED) is 0.420. The Kier molecular flexibility index (Phi) is 7.29. The van der Waals surface area contributed by atoms with Crippen LogP contribution in [0.5, 0.6) is 11.5 Å². The molecule has 0 radical (unpaired) electrons. The highest BCUT2D eigenvalue weighted by atomic mass is 35.5. The van der Waals surface area contributed by atoms with E-state index in [0.717, 1.165) is 34.3 Å². The zero-order valence-corrected chi connectivity index (χ0v) is 21.2. The third-order valence-corrected chi connectivity index (χ3v) is 7.90. The summed E-state index contributed by atoms with van der Waals surface area (Å²) in [5.41, 5.74) is 1.62. The number of fused-ring (bicyclic) bond motifs is 1. The number of rotatable bonds is 7. The highest BCUT2D eigenvalue weighted by Crippen LogP contribution is 2.30. The minimum Gasteiger partial charge on any atom is -0.493 e. The Bertz CT molecular complexity index is 1390. The Morgan fingerprint density at radius 2 is 1.77 bits per heavy atom. The lowest BCUT2D eigenvalue weighted by molar-refractivity contribution is -0.114. The summed E-state index contributed by atoms with van der Waals surface area (Å²) in [6.07, 6.45) is 3.20. The third-order valence-electron chi connectivity index (χ3n) is 4.90. The number of benzene rings is 2. The first-order chi connectivity index (χ1) is 16.6. The number of hydrogen-bond donors (Lipinski definition) is 1. The Hall–Kier alpha value is -3.15. The predicted octanol–water partition coefficient (Wildman–Crippen LogP) is 4.12. The summed E-state index contributed by atoms with van der Waals surface area (Å²) in [5, 5.41) is 14.0. The van der Waals surface area contributed by atoms with Crippen LogP contribution < -0.4 is 9.47 Å². The summed E-state index contributed by atoms with van der Waals surface area (Å²) >= 11 is 6.76. The number of hydrazone groups is 1. The molecular weight excluding hydrogens is 512 g/mol. The lowest BCUT2D eigenvalue weighted by atomic mass is 10.1. The molecule has 0 aliphatic carbocycles. The number of hydrogen-bond acceptors (Lipinski definition) is 8. The topological polar surface area (TPSA) is 121 Å². The van der Waals surface area contributed by atoms with Crippen LogP contribution in [0.2, 0.25) is 5.02 Å². The fraction of sp³-hybridized carbons (Fsp3) is 0.217. The number of aliphatic imine (C=N–C) groups is 1. The van der Waals surface area contributed by atoms with Crippen molar-refractivity contribution in [2.24, 2.45) is 10.1 Å². The molecule has 0 aromatic heterocycles. The van der Waals surface area contributed by atoms with Crippen LogP contribution in [-0.2, 0) is 14.6 Å². The van der Waals surface area contributed by atoms with Crippen LogP contribution in [0.1, 0.15) is 17.5 Å². The predicted molar refractivity (Wildman–Crippen MR) is 138 cm³/mol. The van der Waals surface area contributed by atoms with Gasteiger partial charge in [-0.25, -0.2) is 8.42 Å². The molecular formula is C23H21ClN4O5S2. The van der Waals surface area contributed by atoms with Crippen molar-refractivity contribution >= 4 is 60.6 Å². The van der Waals surface area contributed by atoms with Gasteiger partial charge in [-0.3, -0.25) is 10.2 Å². The van der Waals surface area contributed by atoms with Crippen LogP contribution in [-0.4, -0.2) is 54.2 Å². The monoisotopic (exact) mass is 532 g/mol. The van der Waals surface area contributed by atoms with Gasteiger partial charge < -0.3 is 9.47 Å². The Balaban J connectivity index is 1.33. The molecule has 0 atom stereocenters. The molecule has 12 heteroatoms. The van der Waals surface area contributed by atoms with Crippen molar-refractivity contribution < 1.29 is 22.7 Å². The number of carbonyl (C=O) groups excluding carboxylic acids is 1. The van der Waals surface area contributed by atoms with Gasteiger partial charge in [-0.05, 0) is 66.2 Å². The molecule has 2 aromatic carbocycles. The fourth-order valence-corrected chi connectivity index (χ4v) is 4.90. The molecule has 4 rings (SSSR count). The maximum absolute atomic E-state index is 12.4. The number of sulfone groups is 1. The van der Waals surface area contributed by atoms with E-state index >= 15 is 0 Å². The average Bonchev–Trinajstić information content (AvgIpc) is 3.24. The Morgan fingerprint density at radius 1 is 1.11 bits per heavy atom. The second kappa shape index (κ2) is 10.2. The number of nitrogens with zero attached hydrogens (tertiary/aromatic N) is 3. The first kappa shape index (κ1) is 25.0. The van der Waals surface area contributed by atoms with Crippen LogP contribution in [0.25, 0.3) is 6.08 Å². The number of thioether (sulfide) groups is 1. The lowest BCUT2D eigenvalue weighted by Crippen LogP contribution is -2.35. The number of ether oxygens (including phenoxy) is 2. The van der Waals surface area contributed by atoms with Gasteiger partial charge in [0.15, 0.2) is 5.84 Å². The Morgan fingerprint density at radius 3 is 2.43 bits per heavy atom. The van der Waals surface area contributed by atoms with Crippen molar-refractivity contribution in [1.82, 2.24) is 5.01 Å². The molecule has 0 spiro atoms. The van der Waals surface area contributed by atoms with Crippen molar-refractivity contribution in [3.63, 3.8) is 0 Å². The first-order valence-corrected chi connectivity index (χ1v) is 13.5. The second-order valence-electron chi connectivity index (χ2n) is 7.69. The molecule has 2 aromatic rings. The highest BCUT2D eigenvalue weighted by molar-refractivity contribution is 8.42. The molecule has 35 heavy (non-hydrogen) atoms. The molecule has 0 saturated heterocycles. The zero-order valence-electron chi connectivity index (χ0n) is 18.8. The summed E-state index contributed by atoms with van der Waals surface area (Å²) in [6.45, 7) is 2.88. The largest absolute Gasteiger partial charge is 0.493 e. The number of halogens is 1. The van der Waals surface area contributed by atoms with Gasteiger partial charge in [0, 0.05) is 17.7 Å². The number of aryl methyl sites for hydroxylation is 1. The van der Waals surface area contributed by atoms with Gasteiger partial charge in [0.25, 0.3) is 5.91 Å². The van der Waals surface area contributed by atoms with Gasteiger partial charge >= 0.3 is 0 Å². The maximum atomic E-state index is 12.4. The second-order valence-corrected chi connectivity index (χ2v) is 11.2. The van der Waals surface area contributed by atoms with E-state index in [1.807, 2.05) is 19.1 Å². The van der Waals surface area contributed by atoms with E-state index in [1.54, 1.807) is 30.3 Å². The van der Waals surface area contributed by atoms with Crippen LogP contribution in [0.4, 0.5) is 0 Å². The molecule has 0 bridgehead atoms. The molecule has 2 heterocycles. The van der Waals surface area contributed by atoms with Gasteiger partial charge in [-0.2, -0.15) is 10.0 Å². The van der Waals surface area contributed by atoms with E-state index in [2.05, 4.69) is 10.1 Å². The molecule has 2 aliphatic rings. The molecule has 0 fully saturated rings. The summed E-state index contributed by atoms with van der Waals surface area (Å²) in [7, 11) is -3.58. The molecule has 2 aliphatic heterocycles. The first-order valence-electron chi connectivity index (χ1n) is 10.4. The third kappa shape index (κ3) is 5.92. The van der Waals surface area contributed by atoms with Gasteiger partial charge in [0.2, 0.25) is 19.4 Å². The summed E-state index contributed by atoms with van der Waals surface area (Å²) in [6, 6.07) is 12.5. The van der Waals surface area contributed by atoms with Crippen LogP contribution in [0, 0.1) is 12.3 Å². The molecule has 0 unspecified atom stereocenters. The molecule has 0 saturated carbocycles. The minimum atomic E-state index is -3.58. The maximum Gasteiger partial charge on any atom is 0.283 e. The van der Waals surface area contributed by atoms with E-state index < -0.39 is 15.7 Å². The van der Waals surface area contributed by atoms with Crippen LogP contribution in [0.3, 0.4) is 0 Å². The van der Waals surface area contributed by atoms with E-state index in [-0.39, 0.29) is 21.0 Å². The molecule has 9 nitrogen and oxygen atoms in total. The van der Waals surface area contributed by atoms with E-state index in [0.29, 0.717) is 36.0 Å². The van der Waals surface area contributed by atoms with Crippen LogP contribution >= 0.6 is 23.4 Å². The number of amidine groups is 2. The van der Waals surface area contributed by atoms with Crippen molar-refractivity contribution in [2.45, 2.75) is 13.3 Å². The van der Waals surface area contributed by atoms with Crippen molar-refractivity contribution in [3.8, 4) is 11.5 Å².